The molecule has 0 radical (unpaired) electrons. The number of sulfonamides is 1. The Hall–Kier alpha value is -2.78. The van der Waals surface area contributed by atoms with Crippen LogP contribution >= 0.6 is 0 Å². The topological polar surface area (TPSA) is 104 Å². The van der Waals surface area contributed by atoms with E-state index in [1.807, 2.05) is 0 Å². The summed E-state index contributed by atoms with van der Waals surface area (Å²) in [4.78, 5) is 23.3. The van der Waals surface area contributed by atoms with Crippen LogP contribution < -0.4 is 15.4 Å². The molecule has 150 valence electrons. The molecule has 1 atom stereocenters. The molecule has 2 aromatic rings. The van der Waals surface area contributed by atoms with Gasteiger partial charge in [0.2, 0.25) is 21.8 Å². The molecule has 9 heteroatoms. The maximum Gasteiger partial charge on any atom is 0.244 e. The highest BCUT2D eigenvalue weighted by Crippen LogP contribution is 2.18. The maximum atomic E-state index is 13.9. The van der Waals surface area contributed by atoms with Gasteiger partial charge in [0.15, 0.2) is 0 Å². The number of anilines is 2. The number of benzene rings is 2. The van der Waals surface area contributed by atoms with Crippen LogP contribution in [0, 0.1) is 11.7 Å². The van der Waals surface area contributed by atoms with Crippen molar-refractivity contribution in [2.45, 2.75) is 31.7 Å². The number of nitrogens with one attached hydrogen (secondary N) is 3. The van der Waals surface area contributed by atoms with E-state index >= 15 is 0 Å². The summed E-state index contributed by atoms with van der Waals surface area (Å²) in [6, 6.07) is 10.2. The van der Waals surface area contributed by atoms with Crippen LogP contribution in [0.15, 0.2) is 53.4 Å². The van der Waals surface area contributed by atoms with Gasteiger partial charge in [-0.3, -0.25) is 9.59 Å². The molecule has 0 saturated carbocycles. The summed E-state index contributed by atoms with van der Waals surface area (Å²) in [6.07, 6.45) is 0. The second-order valence-electron chi connectivity index (χ2n) is 6.52. The maximum absolute atomic E-state index is 13.9. The third-order valence-corrected chi connectivity index (χ3v) is 5.28. The van der Waals surface area contributed by atoms with Gasteiger partial charge in [0.25, 0.3) is 0 Å². The van der Waals surface area contributed by atoms with E-state index in [4.69, 9.17) is 0 Å². The molecular weight excluding hydrogens is 385 g/mol. The largest absolute Gasteiger partial charge is 0.326 e. The van der Waals surface area contributed by atoms with Crippen LogP contribution in [0.25, 0.3) is 0 Å². The first-order valence-corrected chi connectivity index (χ1v) is 10.0. The molecule has 0 unspecified atom stereocenters. The zero-order chi connectivity index (χ0) is 20.9. The fourth-order valence-corrected chi connectivity index (χ4v) is 3.91. The second kappa shape index (κ2) is 8.94. The van der Waals surface area contributed by atoms with Gasteiger partial charge in [0.05, 0.1) is 0 Å². The Morgan fingerprint density at radius 1 is 0.964 bits per heavy atom. The molecule has 2 aromatic carbocycles. The predicted octanol–water partition coefficient (Wildman–Crippen LogP) is 2.73. The molecule has 0 aromatic heterocycles. The van der Waals surface area contributed by atoms with Crippen molar-refractivity contribution in [2.24, 2.45) is 5.92 Å². The molecule has 0 bridgehead atoms. The van der Waals surface area contributed by atoms with Gasteiger partial charge in [-0.2, -0.15) is 4.72 Å². The number of rotatable bonds is 7. The normalized spacial score (nSPS) is 12.5. The lowest BCUT2D eigenvalue weighted by atomic mass is 10.0. The Labute approximate surface area is 163 Å². The summed E-state index contributed by atoms with van der Waals surface area (Å²) in [6.45, 7) is 4.70. The van der Waals surface area contributed by atoms with E-state index in [1.165, 1.54) is 19.1 Å². The second-order valence-corrected chi connectivity index (χ2v) is 8.21. The Balaban J connectivity index is 2.21. The van der Waals surface area contributed by atoms with Crippen LogP contribution in [-0.4, -0.2) is 26.3 Å². The fraction of sp³-hybridized carbons (Fsp3) is 0.263. The minimum atomic E-state index is -4.24. The van der Waals surface area contributed by atoms with E-state index in [-0.39, 0.29) is 5.91 Å². The summed E-state index contributed by atoms with van der Waals surface area (Å²) < 4.78 is 41.2. The Morgan fingerprint density at radius 3 is 2.14 bits per heavy atom. The smallest absolute Gasteiger partial charge is 0.244 e. The quantitative estimate of drug-likeness (QED) is 0.656. The van der Waals surface area contributed by atoms with Crippen molar-refractivity contribution in [1.29, 1.82) is 0 Å². The first kappa shape index (κ1) is 21.5. The summed E-state index contributed by atoms with van der Waals surface area (Å²) in [5.74, 6) is -2.17. The van der Waals surface area contributed by atoms with Crippen molar-refractivity contribution in [1.82, 2.24) is 4.72 Å². The van der Waals surface area contributed by atoms with Crippen LogP contribution in [0.1, 0.15) is 20.8 Å². The van der Waals surface area contributed by atoms with Crippen LogP contribution in [0.4, 0.5) is 15.8 Å². The van der Waals surface area contributed by atoms with Gasteiger partial charge in [0.1, 0.15) is 16.8 Å². The molecule has 2 rings (SSSR count). The molecule has 0 saturated heterocycles. The summed E-state index contributed by atoms with van der Waals surface area (Å²) in [5.41, 5.74) is 0.866. The van der Waals surface area contributed by atoms with Crippen LogP contribution in [0.5, 0.6) is 0 Å². The van der Waals surface area contributed by atoms with Gasteiger partial charge < -0.3 is 10.6 Å². The molecule has 3 N–H and O–H groups in total. The Morgan fingerprint density at radius 2 is 1.57 bits per heavy atom. The first-order valence-electron chi connectivity index (χ1n) is 8.55. The van der Waals surface area contributed by atoms with Crippen molar-refractivity contribution in [3.05, 3.63) is 54.3 Å². The van der Waals surface area contributed by atoms with Crippen molar-refractivity contribution in [3.8, 4) is 0 Å². The third-order valence-electron chi connectivity index (χ3n) is 3.81. The van der Waals surface area contributed by atoms with Gasteiger partial charge >= 0.3 is 0 Å². The van der Waals surface area contributed by atoms with Crippen molar-refractivity contribution in [3.63, 3.8) is 0 Å². The minimum Gasteiger partial charge on any atom is -0.326 e. The predicted molar refractivity (Wildman–Crippen MR) is 105 cm³/mol. The van der Waals surface area contributed by atoms with E-state index in [0.717, 1.165) is 12.1 Å². The Bertz CT molecular complexity index is 977. The molecule has 0 spiro atoms. The lowest BCUT2D eigenvalue weighted by Crippen LogP contribution is -2.47. The molecule has 7 nitrogen and oxygen atoms in total. The number of carbonyl (C=O) groups is 2. The molecule has 0 aliphatic heterocycles. The molecule has 0 fully saturated rings. The number of hydrogen-bond acceptors (Lipinski definition) is 4. The number of halogens is 1. The summed E-state index contributed by atoms with van der Waals surface area (Å²) >= 11 is 0. The lowest BCUT2D eigenvalue weighted by Gasteiger charge is -2.22. The molecule has 0 aliphatic carbocycles. The van der Waals surface area contributed by atoms with Crippen LogP contribution in [-0.2, 0) is 19.6 Å². The summed E-state index contributed by atoms with van der Waals surface area (Å²) in [5, 5.41) is 5.21. The average molecular weight is 407 g/mol. The molecular formula is C19H22FN3O4S. The van der Waals surface area contributed by atoms with Gasteiger partial charge in [-0.05, 0) is 36.2 Å². The van der Waals surface area contributed by atoms with E-state index in [2.05, 4.69) is 15.4 Å². The molecule has 2 amide bonds. The fourth-order valence-electron chi connectivity index (χ4n) is 2.48. The van der Waals surface area contributed by atoms with Gasteiger partial charge in [-0.15, -0.1) is 0 Å². The monoisotopic (exact) mass is 407 g/mol. The minimum absolute atomic E-state index is 0.263. The number of hydrogen-bond donors (Lipinski definition) is 3. The number of amides is 2. The van der Waals surface area contributed by atoms with E-state index in [0.29, 0.717) is 11.4 Å². The highest BCUT2D eigenvalue weighted by molar-refractivity contribution is 7.89. The van der Waals surface area contributed by atoms with Gasteiger partial charge in [-0.25, -0.2) is 12.8 Å². The lowest BCUT2D eigenvalue weighted by molar-refractivity contribution is -0.118. The Kier molecular flexibility index (Phi) is 6.87. The van der Waals surface area contributed by atoms with E-state index in [9.17, 15) is 22.4 Å². The van der Waals surface area contributed by atoms with Gasteiger partial charge in [-0.1, -0.05) is 32.0 Å². The standard InChI is InChI=1S/C19H22FN3O4S/c1-12(2)18(23-28(26,27)17-10-5-4-9-16(17)20)19(25)22-15-8-6-7-14(11-15)21-13(3)24/h4-12,18,23H,1-3H3,(H,21,24)(H,22,25)/t18-/m0/s1. The summed E-state index contributed by atoms with van der Waals surface area (Å²) in [7, 11) is -4.24. The zero-order valence-electron chi connectivity index (χ0n) is 15.7. The van der Waals surface area contributed by atoms with E-state index in [1.54, 1.807) is 38.1 Å². The third kappa shape index (κ3) is 5.61. The van der Waals surface area contributed by atoms with Crippen molar-refractivity contribution in [2.75, 3.05) is 10.6 Å². The first-order chi connectivity index (χ1) is 13.1. The SMILES string of the molecule is CC(=O)Nc1cccc(NC(=O)[C@@H](NS(=O)(=O)c2ccccc2F)C(C)C)c1. The van der Waals surface area contributed by atoms with Crippen molar-refractivity contribution >= 4 is 33.2 Å². The van der Waals surface area contributed by atoms with Crippen LogP contribution in [0.2, 0.25) is 0 Å². The number of carbonyl (C=O) groups excluding carboxylic acids is 2. The molecule has 0 aliphatic rings. The average Bonchev–Trinajstić information content (AvgIpc) is 2.59. The van der Waals surface area contributed by atoms with Gasteiger partial charge in [0, 0.05) is 18.3 Å². The zero-order valence-corrected chi connectivity index (χ0v) is 16.5. The van der Waals surface area contributed by atoms with Crippen LogP contribution in [0.3, 0.4) is 0 Å². The highest BCUT2D eigenvalue weighted by Gasteiger charge is 2.29. The van der Waals surface area contributed by atoms with E-state index < -0.39 is 38.6 Å². The molecule has 0 heterocycles. The highest BCUT2D eigenvalue weighted by atomic mass is 32.2. The van der Waals surface area contributed by atoms with Crippen molar-refractivity contribution < 1.29 is 22.4 Å². The molecule has 28 heavy (non-hydrogen) atoms.